The van der Waals surface area contributed by atoms with Crippen LogP contribution in [0.15, 0.2) is 15.7 Å². The fraction of sp³-hybridized carbons (Fsp3) is 0.636. The first kappa shape index (κ1) is 14.0. The average molecular weight is 290 g/mol. The molecule has 0 radical (unpaired) electrons. The smallest absolute Gasteiger partial charge is 0.250 e. The third-order valence-electron chi connectivity index (χ3n) is 3.26. The SMILES string of the molecule is CN1CCCC1CNS(=O)(=O)c1cc(CO)cs1. The van der Waals surface area contributed by atoms with E-state index in [2.05, 4.69) is 9.62 Å². The summed E-state index contributed by atoms with van der Waals surface area (Å²) < 4.78 is 27.0. The summed E-state index contributed by atoms with van der Waals surface area (Å²) in [6.45, 7) is 1.35. The molecular formula is C11H18N2O3S2. The molecule has 0 amide bonds. The maximum atomic E-state index is 12.0. The maximum absolute atomic E-state index is 12.0. The van der Waals surface area contributed by atoms with Crippen LogP contribution in [-0.2, 0) is 16.6 Å². The van der Waals surface area contributed by atoms with Gasteiger partial charge in [0.05, 0.1) is 6.61 Å². The third-order valence-corrected chi connectivity index (χ3v) is 6.17. The molecule has 1 aliphatic rings. The summed E-state index contributed by atoms with van der Waals surface area (Å²) in [4.78, 5) is 2.18. The minimum Gasteiger partial charge on any atom is -0.392 e. The van der Waals surface area contributed by atoms with Crippen molar-refractivity contribution in [1.29, 1.82) is 0 Å². The lowest BCUT2D eigenvalue weighted by Crippen LogP contribution is -2.37. The summed E-state index contributed by atoms with van der Waals surface area (Å²) >= 11 is 1.14. The lowest BCUT2D eigenvalue weighted by molar-refractivity contribution is 0.282. The standard InChI is InChI=1S/C11H18N2O3S2/c1-13-4-2-3-10(13)6-12-18(15,16)11-5-9(7-14)8-17-11/h5,8,10,12,14H,2-4,6-7H2,1H3. The highest BCUT2D eigenvalue weighted by atomic mass is 32.2. The Bertz CT molecular complexity index is 498. The van der Waals surface area contributed by atoms with Gasteiger partial charge in [0, 0.05) is 12.6 Å². The number of aliphatic hydroxyl groups is 1. The van der Waals surface area contributed by atoms with Crippen LogP contribution in [-0.4, -0.2) is 44.6 Å². The van der Waals surface area contributed by atoms with Crippen molar-refractivity contribution in [2.75, 3.05) is 20.1 Å². The molecule has 0 aliphatic carbocycles. The minimum absolute atomic E-state index is 0.128. The van der Waals surface area contributed by atoms with E-state index in [0.717, 1.165) is 30.7 Å². The molecule has 1 fully saturated rings. The summed E-state index contributed by atoms with van der Waals surface area (Å²) in [5, 5.41) is 10.6. The highest BCUT2D eigenvalue weighted by Gasteiger charge is 2.24. The summed E-state index contributed by atoms with van der Waals surface area (Å²) in [6.07, 6.45) is 2.15. The highest BCUT2D eigenvalue weighted by molar-refractivity contribution is 7.91. The van der Waals surface area contributed by atoms with Crippen molar-refractivity contribution in [1.82, 2.24) is 9.62 Å². The normalized spacial score (nSPS) is 21.6. The summed E-state index contributed by atoms with van der Waals surface area (Å²) in [5.74, 6) is 0. The molecule has 0 bridgehead atoms. The van der Waals surface area contributed by atoms with Crippen LogP contribution in [0.2, 0.25) is 0 Å². The molecule has 18 heavy (non-hydrogen) atoms. The second kappa shape index (κ2) is 5.66. The van der Waals surface area contributed by atoms with E-state index in [1.54, 1.807) is 5.38 Å². The van der Waals surface area contributed by atoms with Gasteiger partial charge in [-0.3, -0.25) is 0 Å². The first-order chi connectivity index (χ1) is 8.53. The zero-order chi connectivity index (χ0) is 13.2. The first-order valence-corrected chi connectivity index (χ1v) is 8.27. The number of nitrogens with zero attached hydrogens (tertiary/aromatic N) is 1. The zero-order valence-electron chi connectivity index (χ0n) is 10.3. The zero-order valence-corrected chi connectivity index (χ0v) is 11.9. The molecule has 1 aliphatic heterocycles. The van der Waals surface area contributed by atoms with Gasteiger partial charge in [0.2, 0.25) is 10.0 Å². The predicted octanol–water partition coefficient (Wildman–Crippen LogP) is 0.613. The van der Waals surface area contributed by atoms with Crippen LogP contribution in [0.5, 0.6) is 0 Å². The van der Waals surface area contributed by atoms with Gasteiger partial charge in [-0.2, -0.15) is 0 Å². The van der Waals surface area contributed by atoms with Crippen LogP contribution in [0.1, 0.15) is 18.4 Å². The van der Waals surface area contributed by atoms with Crippen LogP contribution < -0.4 is 4.72 Å². The van der Waals surface area contributed by atoms with Crippen molar-refractivity contribution in [2.24, 2.45) is 0 Å². The van der Waals surface area contributed by atoms with Gasteiger partial charge in [-0.15, -0.1) is 11.3 Å². The average Bonchev–Trinajstić information content (AvgIpc) is 2.95. The molecule has 1 atom stereocenters. The number of hydrogen-bond acceptors (Lipinski definition) is 5. The topological polar surface area (TPSA) is 69.6 Å². The third kappa shape index (κ3) is 3.10. The lowest BCUT2D eigenvalue weighted by atomic mass is 10.2. The second-order valence-corrected chi connectivity index (χ2v) is 7.47. The van der Waals surface area contributed by atoms with Gasteiger partial charge in [0.25, 0.3) is 0 Å². The Kier molecular flexibility index (Phi) is 4.39. The number of thiophene rings is 1. The number of aliphatic hydroxyl groups excluding tert-OH is 1. The highest BCUT2D eigenvalue weighted by Crippen LogP contribution is 2.21. The van der Waals surface area contributed by atoms with Crippen LogP contribution in [0.3, 0.4) is 0 Å². The molecule has 1 aromatic heterocycles. The summed E-state index contributed by atoms with van der Waals surface area (Å²) in [6, 6.07) is 1.81. The fourth-order valence-corrected chi connectivity index (χ4v) is 4.41. The van der Waals surface area contributed by atoms with Crippen molar-refractivity contribution >= 4 is 21.4 Å². The van der Waals surface area contributed by atoms with Crippen LogP contribution in [0, 0.1) is 0 Å². The molecule has 7 heteroatoms. The molecule has 2 rings (SSSR count). The number of likely N-dealkylation sites (N-methyl/N-ethyl adjacent to an activating group) is 1. The molecule has 2 heterocycles. The van der Waals surface area contributed by atoms with Gasteiger partial charge in [-0.25, -0.2) is 13.1 Å². The second-order valence-electron chi connectivity index (χ2n) is 4.56. The number of likely N-dealkylation sites (tertiary alicyclic amines) is 1. The number of rotatable bonds is 5. The minimum atomic E-state index is -3.43. The van der Waals surface area contributed by atoms with Crippen molar-refractivity contribution in [3.63, 3.8) is 0 Å². The molecular weight excluding hydrogens is 272 g/mol. The molecule has 5 nitrogen and oxygen atoms in total. The number of sulfonamides is 1. The summed E-state index contributed by atoms with van der Waals surface area (Å²) in [7, 11) is -1.41. The molecule has 0 spiro atoms. The Balaban J connectivity index is 1.98. The molecule has 0 aromatic carbocycles. The van der Waals surface area contributed by atoms with E-state index in [1.165, 1.54) is 6.07 Å². The molecule has 1 unspecified atom stereocenters. The Labute approximate surface area is 111 Å². The fourth-order valence-electron chi connectivity index (χ4n) is 2.09. The van der Waals surface area contributed by atoms with Crippen molar-refractivity contribution in [3.8, 4) is 0 Å². The van der Waals surface area contributed by atoms with E-state index in [9.17, 15) is 8.42 Å². The number of nitrogens with one attached hydrogen (secondary N) is 1. The van der Waals surface area contributed by atoms with Crippen LogP contribution >= 0.6 is 11.3 Å². The molecule has 102 valence electrons. The molecule has 0 saturated carbocycles. The van der Waals surface area contributed by atoms with Crippen LogP contribution in [0.25, 0.3) is 0 Å². The maximum Gasteiger partial charge on any atom is 0.250 e. The quantitative estimate of drug-likeness (QED) is 0.834. The molecule has 1 aromatic rings. The number of hydrogen-bond donors (Lipinski definition) is 2. The van der Waals surface area contributed by atoms with Crippen molar-refractivity contribution < 1.29 is 13.5 Å². The van der Waals surface area contributed by atoms with E-state index in [4.69, 9.17) is 5.11 Å². The van der Waals surface area contributed by atoms with E-state index in [0.29, 0.717) is 12.1 Å². The van der Waals surface area contributed by atoms with Gasteiger partial charge in [-0.05, 0) is 43.4 Å². The van der Waals surface area contributed by atoms with Gasteiger partial charge >= 0.3 is 0 Å². The Morgan fingerprint density at radius 3 is 2.94 bits per heavy atom. The van der Waals surface area contributed by atoms with E-state index >= 15 is 0 Å². The van der Waals surface area contributed by atoms with Gasteiger partial charge in [0.1, 0.15) is 4.21 Å². The predicted molar refractivity (Wildman–Crippen MR) is 71.1 cm³/mol. The van der Waals surface area contributed by atoms with Crippen LogP contribution in [0.4, 0.5) is 0 Å². The van der Waals surface area contributed by atoms with Crippen molar-refractivity contribution in [2.45, 2.75) is 29.7 Å². The lowest BCUT2D eigenvalue weighted by Gasteiger charge is -2.19. The van der Waals surface area contributed by atoms with Gasteiger partial charge in [0.15, 0.2) is 0 Å². The van der Waals surface area contributed by atoms with Crippen molar-refractivity contribution in [3.05, 3.63) is 17.0 Å². The largest absolute Gasteiger partial charge is 0.392 e. The molecule has 1 saturated heterocycles. The van der Waals surface area contributed by atoms with E-state index < -0.39 is 10.0 Å². The van der Waals surface area contributed by atoms with E-state index in [-0.39, 0.29) is 16.9 Å². The first-order valence-electron chi connectivity index (χ1n) is 5.91. The van der Waals surface area contributed by atoms with Gasteiger partial charge in [-0.1, -0.05) is 0 Å². The monoisotopic (exact) mass is 290 g/mol. The Hall–Kier alpha value is -0.470. The summed E-state index contributed by atoms with van der Waals surface area (Å²) in [5.41, 5.74) is 0.637. The van der Waals surface area contributed by atoms with E-state index in [1.807, 2.05) is 7.05 Å². The molecule has 2 N–H and O–H groups in total. The van der Waals surface area contributed by atoms with Gasteiger partial charge < -0.3 is 10.0 Å². The Morgan fingerprint density at radius 2 is 2.39 bits per heavy atom. The Morgan fingerprint density at radius 1 is 1.61 bits per heavy atom.